The van der Waals surface area contributed by atoms with Gasteiger partial charge in [0.25, 0.3) is 0 Å². The highest BCUT2D eigenvalue weighted by Gasteiger charge is 2.27. The van der Waals surface area contributed by atoms with Crippen molar-refractivity contribution in [1.29, 1.82) is 5.26 Å². The second-order valence-electron chi connectivity index (χ2n) is 6.70. The van der Waals surface area contributed by atoms with Crippen molar-refractivity contribution in [3.05, 3.63) is 53.0 Å². The molecular formula is C20H27N3O2. The van der Waals surface area contributed by atoms with Gasteiger partial charge in [-0.3, -0.25) is 0 Å². The van der Waals surface area contributed by atoms with Crippen LogP contribution in [0.3, 0.4) is 0 Å². The van der Waals surface area contributed by atoms with Crippen LogP contribution in [0.1, 0.15) is 36.0 Å². The van der Waals surface area contributed by atoms with Crippen molar-refractivity contribution in [2.45, 2.75) is 39.3 Å². The zero-order chi connectivity index (χ0) is 18.4. The molecule has 0 radical (unpaired) electrons. The van der Waals surface area contributed by atoms with E-state index in [-0.39, 0.29) is 0 Å². The van der Waals surface area contributed by atoms with Crippen LogP contribution in [0.2, 0.25) is 0 Å². The quantitative estimate of drug-likeness (QED) is 0.771. The van der Waals surface area contributed by atoms with Crippen molar-refractivity contribution in [2.75, 3.05) is 25.0 Å². The summed E-state index contributed by atoms with van der Waals surface area (Å²) in [5.41, 5.74) is 2.09. The summed E-state index contributed by atoms with van der Waals surface area (Å²) in [5, 5.41) is 22.7. The SMILES string of the molecule is Cc1cc(C(C)(O)CNCc2ccc(N(C)CCC#N)cc2)c(C)o1. The number of rotatable bonds is 8. The van der Waals surface area contributed by atoms with Crippen LogP contribution in [0.15, 0.2) is 34.7 Å². The number of hydrogen-bond acceptors (Lipinski definition) is 5. The van der Waals surface area contributed by atoms with Gasteiger partial charge in [-0.2, -0.15) is 5.26 Å². The van der Waals surface area contributed by atoms with Gasteiger partial charge in [-0.25, -0.2) is 0 Å². The van der Waals surface area contributed by atoms with Gasteiger partial charge in [0.05, 0.1) is 12.5 Å². The van der Waals surface area contributed by atoms with Gasteiger partial charge in [-0.05, 0) is 44.5 Å². The van der Waals surface area contributed by atoms with Crippen LogP contribution in [-0.4, -0.2) is 25.2 Å². The molecule has 2 N–H and O–H groups in total. The molecule has 25 heavy (non-hydrogen) atoms. The van der Waals surface area contributed by atoms with Crippen molar-refractivity contribution in [3.8, 4) is 6.07 Å². The maximum atomic E-state index is 10.7. The van der Waals surface area contributed by atoms with Gasteiger partial charge < -0.3 is 19.7 Å². The predicted octanol–water partition coefficient (Wildman–Crippen LogP) is 3.24. The van der Waals surface area contributed by atoms with Gasteiger partial charge in [-0.15, -0.1) is 0 Å². The van der Waals surface area contributed by atoms with Crippen molar-refractivity contribution in [3.63, 3.8) is 0 Å². The fourth-order valence-electron chi connectivity index (χ4n) is 2.93. The largest absolute Gasteiger partial charge is 0.466 e. The second-order valence-corrected chi connectivity index (χ2v) is 6.70. The highest BCUT2D eigenvalue weighted by atomic mass is 16.3. The first-order chi connectivity index (χ1) is 11.8. The van der Waals surface area contributed by atoms with Crippen LogP contribution in [0.5, 0.6) is 0 Å². The predicted molar refractivity (Wildman–Crippen MR) is 99.4 cm³/mol. The van der Waals surface area contributed by atoms with Crippen LogP contribution < -0.4 is 10.2 Å². The first kappa shape index (κ1) is 19.0. The third kappa shape index (κ3) is 5.09. The van der Waals surface area contributed by atoms with E-state index in [1.807, 2.05) is 27.0 Å². The third-order valence-electron chi connectivity index (χ3n) is 4.36. The number of nitriles is 1. The fraction of sp³-hybridized carbons (Fsp3) is 0.450. The molecule has 2 rings (SSSR count). The molecule has 0 saturated heterocycles. The molecule has 0 amide bonds. The molecule has 0 aliphatic rings. The Morgan fingerprint density at radius 3 is 2.52 bits per heavy atom. The van der Waals surface area contributed by atoms with E-state index < -0.39 is 5.60 Å². The minimum Gasteiger partial charge on any atom is -0.466 e. The van der Waals surface area contributed by atoms with Gasteiger partial charge >= 0.3 is 0 Å². The Hall–Kier alpha value is -2.29. The maximum absolute atomic E-state index is 10.7. The summed E-state index contributed by atoms with van der Waals surface area (Å²) >= 11 is 0. The van der Waals surface area contributed by atoms with Gasteiger partial charge in [0.15, 0.2) is 0 Å². The Kier molecular flexibility index (Phi) is 6.24. The summed E-state index contributed by atoms with van der Waals surface area (Å²) < 4.78 is 5.52. The molecule has 0 bridgehead atoms. The van der Waals surface area contributed by atoms with Crippen LogP contribution in [0.25, 0.3) is 0 Å². The van der Waals surface area contributed by atoms with Crippen LogP contribution >= 0.6 is 0 Å². The average Bonchev–Trinajstić information content (AvgIpc) is 2.92. The lowest BCUT2D eigenvalue weighted by molar-refractivity contribution is 0.0552. The van der Waals surface area contributed by atoms with E-state index in [1.54, 1.807) is 6.92 Å². The first-order valence-electron chi connectivity index (χ1n) is 8.51. The molecule has 1 unspecified atom stereocenters. The highest BCUT2D eigenvalue weighted by molar-refractivity contribution is 5.46. The van der Waals surface area contributed by atoms with Gasteiger partial charge in [0.1, 0.15) is 17.1 Å². The lowest BCUT2D eigenvalue weighted by Crippen LogP contribution is -2.35. The molecule has 1 heterocycles. The normalized spacial score (nSPS) is 13.3. The smallest absolute Gasteiger partial charge is 0.107 e. The molecule has 5 heteroatoms. The standard InChI is InChI=1S/C20H27N3O2/c1-15-12-19(16(2)25-15)20(3,24)14-22-13-17-6-8-18(9-7-17)23(4)11-5-10-21/h6-9,12,22,24H,5,11,13-14H2,1-4H3. The Labute approximate surface area is 149 Å². The van der Waals surface area contributed by atoms with Gasteiger partial charge in [0, 0.05) is 37.9 Å². The minimum atomic E-state index is -0.973. The molecule has 0 aliphatic carbocycles. The lowest BCUT2D eigenvalue weighted by Gasteiger charge is -2.23. The average molecular weight is 341 g/mol. The summed E-state index contributed by atoms with van der Waals surface area (Å²) in [7, 11) is 1.98. The number of benzene rings is 1. The Morgan fingerprint density at radius 2 is 1.96 bits per heavy atom. The number of aliphatic hydroxyl groups is 1. The highest BCUT2D eigenvalue weighted by Crippen LogP contribution is 2.26. The van der Waals surface area contributed by atoms with Gasteiger partial charge in [0.2, 0.25) is 0 Å². The van der Waals surface area contributed by atoms with E-state index in [0.29, 0.717) is 19.5 Å². The zero-order valence-electron chi connectivity index (χ0n) is 15.5. The van der Waals surface area contributed by atoms with E-state index >= 15 is 0 Å². The summed E-state index contributed by atoms with van der Waals surface area (Å²) in [4.78, 5) is 2.06. The topological polar surface area (TPSA) is 72.4 Å². The summed E-state index contributed by atoms with van der Waals surface area (Å²) in [6, 6.07) is 12.3. The lowest BCUT2D eigenvalue weighted by atomic mass is 9.96. The monoisotopic (exact) mass is 341 g/mol. The molecule has 0 saturated carbocycles. The Bertz CT molecular complexity index is 726. The van der Waals surface area contributed by atoms with E-state index in [4.69, 9.17) is 9.68 Å². The van der Waals surface area contributed by atoms with Crippen molar-refractivity contribution < 1.29 is 9.52 Å². The fourth-order valence-corrected chi connectivity index (χ4v) is 2.93. The van der Waals surface area contributed by atoms with Gasteiger partial charge in [-0.1, -0.05) is 12.1 Å². The molecule has 1 aromatic carbocycles. The van der Waals surface area contributed by atoms with E-state index in [2.05, 4.69) is 40.6 Å². The number of nitrogens with one attached hydrogen (secondary N) is 1. The van der Waals surface area contributed by atoms with Crippen molar-refractivity contribution in [2.24, 2.45) is 0 Å². The van der Waals surface area contributed by atoms with E-state index in [9.17, 15) is 5.11 Å². The van der Waals surface area contributed by atoms with Crippen molar-refractivity contribution in [1.82, 2.24) is 5.32 Å². The maximum Gasteiger partial charge on any atom is 0.107 e. The number of nitrogens with zero attached hydrogens (tertiary/aromatic N) is 2. The van der Waals surface area contributed by atoms with Crippen LogP contribution in [0, 0.1) is 25.2 Å². The molecule has 0 fully saturated rings. The molecule has 2 aromatic rings. The molecule has 1 atom stereocenters. The van der Waals surface area contributed by atoms with E-state index in [0.717, 1.165) is 34.9 Å². The first-order valence-corrected chi connectivity index (χ1v) is 8.51. The number of aryl methyl sites for hydroxylation is 2. The van der Waals surface area contributed by atoms with Crippen LogP contribution in [-0.2, 0) is 12.1 Å². The number of furan rings is 1. The molecule has 0 spiro atoms. The van der Waals surface area contributed by atoms with Crippen molar-refractivity contribution >= 4 is 5.69 Å². The molecular weight excluding hydrogens is 314 g/mol. The van der Waals surface area contributed by atoms with Crippen LogP contribution in [0.4, 0.5) is 5.69 Å². The third-order valence-corrected chi connectivity index (χ3v) is 4.36. The summed E-state index contributed by atoms with van der Waals surface area (Å²) in [6.45, 7) is 7.39. The minimum absolute atomic E-state index is 0.441. The molecule has 0 aliphatic heterocycles. The van der Waals surface area contributed by atoms with E-state index in [1.165, 1.54) is 0 Å². The molecule has 5 nitrogen and oxygen atoms in total. The second kappa shape index (κ2) is 8.19. The summed E-state index contributed by atoms with van der Waals surface area (Å²) in [6.07, 6.45) is 0.516. The number of hydrogen-bond donors (Lipinski definition) is 2. The molecule has 1 aromatic heterocycles. The summed E-state index contributed by atoms with van der Waals surface area (Å²) in [5.74, 6) is 1.57. The zero-order valence-corrected chi connectivity index (χ0v) is 15.5. The Morgan fingerprint density at radius 1 is 1.28 bits per heavy atom. The number of anilines is 1. The molecule has 134 valence electrons. The Balaban J connectivity index is 1.89.